The molecule has 2 aliphatic heterocycles. The first kappa shape index (κ1) is 30.1. The predicted molar refractivity (Wildman–Crippen MR) is 174 cm³/mol. The number of likely N-dealkylation sites (N-methyl/N-ethyl adjacent to an activating group) is 2. The van der Waals surface area contributed by atoms with Crippen LogP contribution in [-0.2, 0) is 15.6 Å². The molecule has 224 valence electrons. The molecule has 7 nitrogen and oxygen atoms in total. The number of ketones is 1. The molecule has 0 spiro atoms. The first-order chi connectivity index (χ1) is 20.3. The number of nitrogens with zero attached hydrogens (tertiary/aromatic N) is 2. The third-order valence-corrected chi connectivity index (χ3v) is 9.29. The van der Waals surface area contributed by atoms with E-state index in [1.54, 1.807) is 7.05 Å². The molecule has 2 aromatic carbocycles. The van der Waals surface area contributed by atoms with Crippen LogP contribution in [0.4, 0.5) is 11.4 Å². The number of carbonyl (C=O) groups excluding carboxylic acids is 3. The van der Waals surface area contributed by atoms with Gasteiger partial charge in [0, 0.05) is 83.6 Å². The van der Waals surface area contributed by atoms with Crippen molar-refractivity contribution in [2.75, 3.05) is 37.5 Å². The SMILES string of the molecule is CCNC(=O)c1ccc2c(c1)C(C)(C)C(=CC=C1CCC(=CC=C3N(C)c4ccc(C(=O)NC)cc4C3(C)C)C1=O)N2C. The zero-order valence-corrected chi connectivity index (χ0v) is 26.5. The van der Waals surface area contributed by atoms with Crippen LogP contribution in [0.1, 0.15) is 79.3 Å². The van der Waals surface area contributed by atoms with E-state index in [-0.39, 0.29) is 28.4 Å². The summed E-state index contributed by atoms with van der Waals surface area (Å²) in [5.74, 6) is -0.0910. The van der Waals surface area contributed by atoms with Gasteiger partial charge >= 0.3 is 0 Å². The van der Waals surface area contributed by atoms with Gasteiger partial charge in [-0.3, -0.25) is 14.4 Å². The Morgan fingerprint density at radius 2 is 1.21 bits per heavy atom. The summed E-state index contributed by atoms with van der Waals surface area (Å²) in [7, 11) is 5.70. The number of rotatable bonds is 5. The fraction of sp³-hybridized carbons (Fsp3) is 0.361. The molecule has 3 aliphatic rings. The quantitative estimate of drug-likeness (QED) is 0.430. The molecule has 2 aromatic rings. The average Bonchev–Trinajstić information content (AvgIpc) is 3.50. The molecule has 1 fully saturated rings. The summed E-state index contributed by atoms with van der Waals surface area (Å²) in [5.41, 5.74) is 8.74. The maximum atomic E-state index is 13.5. The summed E-state index contributed by atoms with van der Waals surface area (Å²) < 4.78 is 0. The van der Waals surface area contributed by atoms with Crippen LogP contribution in [0.25, 0.3) is 0 Å². The number of nitrogens with one attached hydrogen (secondary N) is 2. The van der Waals surface area contributed by atoms with Crippen molar-refractivity contribution in [2.45, 2.75) is 58.3 Å². The summed E-state index contributed by atoms with van der Waals surface area (Å²) >= 11 is 0. The monoisotopic (exact) mass is 578 g/mol. The Morgan fingerprint density at radius 1 is 0.767 bits per heavy atom. The van der Waals surface area contributed by atoms with Gasteiger partial charge in [-0.05, 0) is 79.4 Å². The van der Waals surface area contributed by atoms with Crippen LogP contribution in [0.3, 0.4) is 0 Å². The van der Waals surface area contributed by atoms with Crippen LogP contribution in [-0.4, -0.2) is 45.3 Å². The van der Waals surface area contributed by atoms with Crippen LogP contribution in [0.15, 0.2) is 83.2 Å². The lowest BCUT2D eigenvalue weighted by atomic mass is 9.83. The van der Waals surface area contributed by atoms with Gasteiger partial charge in [-0.2, -0.15) is 0 Å². The summed E-state index contributed by atoms with van der Waals surface area (Å²) in [4.78, 5) is 42.5. The van der Waals surface area contributed by atoms with E-state index in [9.17, 15) is 14.4 Å². The van der Waals surface area contributed by atoms with Crippen molar-refractivity contribution in [3.8, 4) is 0 Å². The molecule has 0 radical (unpaired) electrons. The van der Waals surface area contributed by atoms with Gasteiger partial charge < -0.3 is 20.4 Å². The lowest BCUT2D eigenvalue weighted by Gasteiger charge is -2.24. The van der Waals surface area contributed by atoms with E-state index < -0.39 is 0 Å². The Morgan fingerprint density at radius 3 is 1.63 bits per heavy atom. The summed E-state index contributed by atoms with van der Waals surface area (Å²) in [5, 5.41) is 5.58. The highest BCUT2D eigenvalue weighted by atomic mass is 16.2. The first-order valence-corrected chi connectivity index (χ1v) is 15.0. The zero-order chi connectivity index (χ0) is 31.3. The second kappa shape index (κ2) is 11.0. The number of allylic oxidation sites excluding steroid dienone is 8. The Labute approximate surface area is 255 Å². The van der Waals surface area contributed by atoms with Gasteiger partial charge in [-0.25, -0.2) is 0 Å². The number of carbonyl (C=O) groups is 3. The molecule has 5 rings (SSSR count). The second-order valence-electron chi connectivity index (χ2n) is 12.6. The van der Waals surface area contributed by atoms with E-state index in [1.165, 1.54) is 0 Å². The van der Waals surface area contributed by atoms with Gasteiger partial charge in [0.15, 0.2) is 5.78 Å². The molecular formula is C36H42N4O3. The molecule has 0 bridgehead atoms. The summed E-state index contributed by atoms with van der Waals surface area (Å²) in [6.07, 6.45) is 9.47. The van der Waals surface area contributed by atoms with Crippen molar-refractivity contribution in [1.29, 1.82) is 0 Å². The zero-order valence-electron chi connectivity index (χ0n) is 26.5. The molecule has 7 heteroatoms. The Kier molecular flexibility index (Phi) is 7.71. The number of amides is 2. The van der Waals surface area contributed by atoms with Crippen molar-refractivity contribution in [3.05, 3.63) is 105 Å². The Hall–Kier alpha value is -4.39. The highest BCUT2D eigenvalue weighted by molar-refractivity contribution is 6.11. The number of hydrogen-bond acceptors (Lipinski definition) is 5. The van der Waals surface area contributed by atoms with E-state index in [1.807, 2.05) is 69.6 Å². The summed E-state index contributed by atoms with van der Waals surface area (Å²) in [6, 6.07) is 11.7. The smallest absolute Gasteiger partial charge is 0.251 e. The number of anilines is 2. The molecule has 0 atom stereocenters. The van der Waals surface area contributed by atoms with E-state index in [0.717, 1.165) is 45.0 Å². The van der Waals surface area contributed by atoms with Crippen molar-refractivity contribution >= 4 is 29.0 Å². The van der Waals surface area contributed by atoms with Crippen LogP contribution >= 0.6 is 0 Å². The van der Waals surface area contributed by atoms with Gasteiger partial charge in [0.05, 0.1) is 0 Å². The normalized spacial score (nSPS) is 22.1. The minimum Gasteiger partial charge on any atom is -0.355 e. The largest absolute Gasteiger partial charge is 0.355 e. The van der Waals surface area contributed by atoms with Gasteiger partial charge in [0.2, 0.25) is 0 Å². The van der Waals surface area contributed by atoms with Gasteiger partial charge in [-0.1, -0.05) is 39.8 Å². The average molecular weight is 579 g/mol. The number of fused-ring (bicyclic) bond motifs is 2. The maximum Gasteiger partial charge on any atom is 0.251 e. The van der Waals surface area contributed by atoms with E-state index >= 15 is 0 Å². The van der Waals surface area contributed by atoms with Crippen molar-refractivity contribution < 1.29 is 14.4 Å². The molecule has 2 heterocycles. The predicted octanol–water partition coefficient (Wildman–Crippen LogP) is 5.93. The number of benzene rings is 2. The number of Topliss-reactive ketones (excluding diaryl/α,β-unsaturated/α-hetero) is 1. The Bertz CT molecular complexity index is 1650. The van der Waals surface area contributed by atoms with Crippen molar-refractivity contribution in [3.63, 3.8) is 0 Å². The minimum absolute atomic E-state index is 0.0705. The molecule has 2 N–H and O–H groups in total. The molecule has 1 aliphatic carbocycles. The second-order valence-corrected chi connectivity index (χ2v) is 12.6. The fourth-order valence-electron chi connectivity index (χ4n) is 6.74. The van der Waals surface area contributed by atoms with E-state index in [2.05, 4.69) is 60.3 Å². The fourth-order valence-corrected chi connectivity index (χ4v) is 6.74. The lowest BCUT2D eigenvalue weighted by Crippen LogP contribution is -2.24. The van der Waals surface area contributed by atoms with E-state index in [0.29, 0.717) is 30.5 Å². The van der Waals surface area contributed by atoms with E-state index in [4.69, 9.17) is 0 Å². The third kappa shape index (κ3) is 5.01. The summed E-state index contributed by atoms with van der Waals surface area (Å²) in [6.45, 7) is 11.1. The minimum atomic E-state index is -0.320. The molecule has 1 saturated carbocycles. The molecule has 2 amide bonds. The van der Waals surface area contributed by atoms with Crippen molar-refractivity contribution in [1.82, 2.24) is 10.6 Å². The highest BCUT2D eigenvalue weighted by Gasteiger charge is 2.40. The molecular weight excluding hydrogens is 536 g/mol. The molecule has 0 aromatic heterocycles. The highest BCUT2D eigenvalue weighted by Crippen LogP contribution is 2.48. The van der Waals surface area contributed by atoms with Crippen LogP contribution < -0.4 is 20.4 Å². The lowest BCUT2D eigenvalue weighted by molar-refractivity contribution is -0.111. The number of hydrogen-bond donors (Lipinski definition) is 2. The first-order valence-electron chi connectivity index (χ1n) is 15.0. The standard InChI is InChI=1S/C36H42N4O3/c1-9-38-34(43)25-13-17-29-27(21-25)36(4,5)31(40(29)8)19-15-23-11-10-22(32(23)41)14-18-30-35(2,3)26-20-24(33(42)37-6)12-16-28(26)39(30)7/h12-21H,9-11H2,1-8H3,(H,37,42)(H,38,43). The van der Waals surface area contributed by atoms with Crippen LogP contribution in [0.5, 0.6) is 0 Å². The van der Waals surface area contributed by atoms with Gasteiger partial charge in [-0.15, -0.1) is 0 Å². The van der Waals surface area contributed by atoms with Gasteiger partial charge in [0.1, 0.15) is 0 Å². The topological polar surface area (TPSA) is 81.8 Å². The maximum absolute atomic E-state index is 13.5. The van der Waals surface area contributed by atoms with Crippen LogP contribution in [0.2, 0.25) is 0 Å². The molecule has 43 heavy (non-hydrogen) atoms. The molecule has 0 unspecified atom stereocenters. The van der Waals surface area contributed by atoms with Crippen molar-refractivity contribution in [2.24, 2.45) is 0 Å². The van der Waals surface area contributed by atoms with Gasteiger partial charge in [0.25, 0.3) is 11.8 Å². The van der Waals surface area contributed by atoms with Crippen LogP contribution in [0, 0.1) is 0 Å². The Balaban J connectivity index is 1.39. The molecule has 0 saturated heterocycles. The third-order valence-electron chi connectivity index (χ3n) is 9.29.